The first kappa shape index (κ1) is 11.2. The Labute approximate surface area is 73.4 Å². The summed E-state index contributed by atoms with van der Waals surface area (Å²) < 4.78 is 9.89. The van der Waals surface area contributed by atoms with Crippen LogP contribution in [0.5, 0.6) is 0 Å². The topological polar surface area (TPSA) is 35.5 Å². The maximum Gasteiger partial charge on any atom is 0.335 e. The van der Waals surface area contributed by atoms with Crippen molar-refractivity contribution in [3.8, 4) is 0 Å². The fourth-order valence-electron chi connectivity index (χ4n) is 0.559. The number of rotatable bonds is 5. The minimum absolute atomic E-state index is 0.108. The Morgan fingerprint density at radius 1 is 1.50 bits per heavy atom. The second-order valence-corrected chi connectivity index (χ2v) is 2.68. The molecule has 3 nitrogen and oxygen atoms in total. The second-order valence-electron chi connectivity index (χ2n) is 2.68. The van der Waals surface area contributed by atoms with E-state index in [2.05, 4.69) is 6.58 Å². The highest BCUT2D eigenvalue weighted by atomic mass is 16.5. The predicted octanol–water partition coefficient (Wildman–Crippen LogP) is 1.53. The summed E-state index contributed by atoms with van der Waals surface area (Å²) in [4.78, 5) is 11.0. The van der Waals surface area contributed by atoms with Gasteiger partial charge in [0.05, 0.1) is 24.9 Å². The zero-order chi connectivity index (χ0) is 9.56. The number of esters is 1. The van der Waals surface area contributed by atoms with E-state index in [9.17, 15) is 4.79 Å². The highest BCUT2D eigenvalue weighted by molar-refractivity contribution is 5.87. The lowest BCUT2D eigenvalue weighted by Crippen LogP contribution is -2.14. The molecule has 0 fully saturated rings. The Morgan fingerprint density at radius 2 is 2.08 bits per heavy atom. The largest absolute Gasteiger partial charge is 0.463 e. The van der Waals surface area contributed by atoms with E-state index in [1.54, 1.807) is 6.92 Å². The highest BCUT2D eigenvalue weighted by Crippen LogP contribution is 1.98. The highest BCUT2D eigenvalue weighted by Gasteiger charge is 2.07. The average Bonchev–Trinajstić information content (AvgIpc) is 2.00. The third-order valence-electron chi connectivity index (χ3n) is 1.16. The van der Waals surface area contributed by atoms with Crippen molar-refractivity contribution in [3.05, 3.63) is 12.2 Å². The molecule has 0 aliphatic carbocycles. The molecular weight excluding hydrogens is 156 g/mol. The zero-order valence-corrected chi connectivity index (χ0v) is 7.92. The maximum atomic E-state index is 11.0. The molecule has 70 valence electrons. The molecule has 3 heteroatoms. The van der Waals surface area contributed by atoms with Gasteiger partial charge in [0.15, 0.2) is 0 Å². The number of hydrogen-bond donors (Lipinski definition) is 0. The first-order chi connectivity index (χ1) is 5.57. The standard InChI is InChI=1S/C9H16O3/c1-5-11-9(10)8(4)6-12-7(2)3/h7H,4-6H2,1-3H3. The van der Waals surface area contributed by atoms with E-state index < -0.39 is 0 Å². The van der Waals surface area contributed by atoms with E-state index in [1.807, 2.05) is 13.8 Å². The quantitative estimate of drug-likeness (QED) is 0.466. The minimum Gasteiger partial charge on any atom is -0.463 e. The van der Waals surface area contributed by atoms with Crippen molar-refractivity contribution in [3.63, 3.8) is 0 Å². The van der Waals surface area contributed by atoms with Crippen LogP contribution >= 0.6 is 0 Å². The van der Waals surface area contributed by atoms with Crippen molar-refractivity contribution in [2.24, 2.45) is 0 Å². The minimum atomic E-state index is -0.377. The first-order valence-electron chi connectivity index (χ1n) is 4.04. The van der Waals surface area contributed by atoms with Crippen LogP contribution in [-0.4, -0.2) is 25.3 Å². The molecule has 0 bridgehead atoms. The van der Waals surface area contributed by atoms with E-state index in [4.69, 9.17) is 9.47 Å². The summed E-state index contributed by atoms with van der Waals surface area (Å²) in [7, 11) is 0. The summed E-state index contributed by atoms with van der Waals surface area (Å²) in [5.41, 5.74) is 0.366. The van der Waals surface area contributed by atoms with Gasteiger partial charge in [-0.1, -0.05) is 6.58 Å². The molecule has 0 aliphatic heterocycles. The van der Waals surface area contributed by atoms with Gasteiger partial charge in [-0.3, -0.25) is 0 Å². The molecule has 0 spiro atoms. The SMILES string of the molecule is C=C(COC(C)C)C(=O)OCC. The van der Waals surface area contributed by atoms with Crippen LogP contribution in [0.1, 0.15) is 20.8 Å². The van der Waals surface area contributed by atoms with Gasteiger partial charge < -0.3 is 9.47 Å². The van der Waals surface area contributed by atoms with Crippen LogP contribution in [0.4, 0.5) is 0 Å². The molecule has 0 aromatic carbocycles. The summed E-state index contributed by atoms with van der Waals surface area (Å²) in [5, 5.41) is 0. The molecular formula is C9H16O3. The number of carbonyl (C=O) groups is 1. The number of hydrogen-bond acceptors (Lipinski definition) is 3. The molecule has 12 heavy (non-hydrogen) atoms. The Kier molecular flexibility index (Phi) is 5.37. The number of carbonyl (C=O) groups excluding carboxylic acids is 1. The van der Waals surface area contributed by atoms with Gasteiger partial charge in [-0.25, -0.2) is 4.79 Å². The van der Waals surface area contributed by atoms with Crippen molar-refractivity contribution in [2.45, 2.75) is 26.9 Å². The molecule has 0 rings (SSSR count). The smallest absolute Gasteiger partial charge is 0.335 e. The molecule has 0 aromatic heterocycles. The Morgan fingerprint density at radius 3 is 2.50 bits per heavy atom. The molecule has 0 atom stereocenters. The Bertz CT molecular complexity index is 161. The van der Waals surface area contributed by atoms with Crippen molar-refractivity contribution < 1.29 is 14.3 Å². The lowest BCUT2D eigenvalue weighted by Gasteiger charge is -2.08. The van der Waals surface area contributed by atoms with Gasteiger partial charge in [-0.2, -0.15) is 0 Å². The lowest BCUT2D eigenvalue weighted by atomic mass is 10.3. The predicted molar refractivity (Wildman–Crippen MR) is 46.9 cm³/mol. The van der Waals surface area contributed by atoms with E-state index in [0.717, 1.165) is 0 Å². The normalized spacial score (nSPS) is 10.0. The van der Waals surface area contributed by atoms with E-state index in [0.29, 0.717) is 12.2 Å². The summed E-state index contributed by atoms with van der Waals surface area (Å²) in [6, 6.07) is 0. The van der Waals surface area contributed by atoms with Crippen molar-refractivity contribution in [1.29, 1.82) is 0 Å². The Hall–Kier alpha value is -0.830. The van der Waals surface area contributed by atoms with Gasteiger partial charge in [0.1, 0.15) is 0 Å². The molecule has 0 saturated carbocycles. The van der Waals surface area contributed by atoms with Gasteiger partial charge in [0, 0.05) is 0 Å². The molecule has 0 aromatic rings. The van der Waals surface area contributed by atoms with E-state index in [1.165, 1.54) is 0 Å². The van der Waals surface area contributed by atoms with E-state index >= 15 is 0 Å². The van der Waals surface area contributed by atoms with Crippen LogP contribution in [0, 0.1) is 0 Å². The van der Waals surface area contributed by atoms with Gasteiger partial charge >= 0.3 is 5.97 Å². The molecule has 0 amide bonds. The summed E-state index contributed by atoms with van der Waals surface area (Å²) >= 11 is 0. The van der Waals surface area contributed by atoms with E-state index in [-0.39, 0.29) is 18.7 Å². The van der Waals surface area contributed by atoms with Gasteiger partial charge in [-0.05, 0) is 20.8 Å². The van der Waals surface area contributed by atoms with Crippen LogP contribution in [0.15, 0.2) is 12.2 Å². The van der Waals surface area contributed by atoms with Gasteiger partial charge in [0.25, 0.3) is 0 Å². The Balaban J connectivity index is 3.65. The fourth-order valence-corrected chi connectivity index (χ4v) is 0.559. The molecule has 0 saturated heterocycles. The molecule has 0 aliphatic rings. The van der Waals surface area contributed by atoms with Crippen LogP contribution in [0.3, 0.4) is 0 Å². The van der Waals surface area contributed by atoms with Crippen LogP contribution < -0.4 is 0 Å². The molecule has 0 N–H and O–H groups in total. The molecule has 0 heterocycles. The summed E-state index contributed by atoms with van der Waals surface area (Å²) in [5.74, 6) is -0.377. The monoisotopic (exact) mass is 172 g/mol. The van der Waals surface area contributed by atoms with Crippen molar-refractivity contribution >= 4 is 5.97 Å². The molecule has 0 radical (unpaired) electrons. The van der Waals surface area contributed by atoms with Crippen LogP contribution in [0.25, 0.3) is 0 Å². The second kappa shape index (κ2) is 5.77. The van der Waals surface area contributed by atoms with Gasteiger partial charge in [-0.15, -0.1) is 0 Å². The van der Waals surface area contributed by atoms with Crippen LogP contribution in [-0.2, 0) is 14.3 Å². The third-order valence-corrected chi connectivity index (χ3v) is 1.16. The summed E-state index contributed by atoms with van der Waals surface area (Å²) in [6.45, 7) is 9.73. The third kappa shape index (κ3) is 4.91. The van der Waals surface area contributed by atoms with Crippen molar-refractivity contribution in [2.75, 3.05) is 13.2 Å². The van der Waals surface area contributed by atoms with Gasteiger partial charge in [0.2, 0.25) is 0 Å². The summed E-state index contributed by atoms with van der Waals surface area (Å²) in [6.07, 6.45) is 0.108. The average molecular weight is 172 g/mol. The maximum absolute atomic E-state index is 11.0. The van der Waals surface area contributed by atoms with Crippen LogP contribution in [0.2, 0.25) is 0 Å². The fraction of sp³-hybridized carbons (Fsp3) is 0.667. The lowest BCUT2D eigenvalue weighted by molar-refractivity contribution is -0.139. The molecule has 0 unspecified atom stereocenters. The van der Waals surface area contributed by atoms with Crippen molar-refractivity contribution in [1.82, 2.24) is 0 Å². The number of ether oxygens (including phenoxy) is 2. The first-order valence-corrected chi connectivity index (χ1v) is 4.04. The zero-order valence-electron chi connectivity index (χ0n) is 7.92.